The Labute approximate surface area is 123 Å². The molecule has 0 atom stereocenters. The highest BCUT2D eigenvalue weighted by molar-refractivity contribution is 7.86. The summed E-state index contributed by atoms with van der Waals surface area (Å²) in [6.07, 6.45) is 2.43. The van der Waals surface area contributed by atoms with Gasteiger partial charge in [0.2, 0.25) is 5.65 Å². The highest BCUT2D eigenvalue weighted by Gasteiger charge is 2.09. The predicted molar refractivity (Wildman–Crippen MR) is 77.3 cm³/mol. The first-order valence-corrected chi connectivity index (χ1v) is 7.85. The van der Waals surface area contributed by atoms with Gasteiger partial charge in [-0.1, -0.05) is 0 Å². The molecule has 0 radical (unpaired) electrons. The molecule has 1 aromatic carbocycles. The van der Waals surface area contributed by atoms with Gasteiger partial charge in [0, 0.05) is 5.56 Å². The largest absolute Gasteiger partial charge is 0.383 e. The summed E-state index contributed by atoms with van der Waals surface area (Å²) in [6, 6.07) is 6.11. The van der Waals surface area contributed by atoms with Crippen molar-refractivity contribution in [2.24, 2.45) is 0 Å². The number of imidazole rings is 1. The van der Waals surface area contributed by atoms with E-state index in [1.165, 1.54) is 22.8 Å². The summed E-state index contributed by atoms with van der Waals surface area (Å²) in [5, 5.41) is 2.40. The minimum atomic E-state index is -3.59. The number of aromatic amines is 2. The number of nitrogens with one attached hydrogen (secondary N) is 2. The first-order chi connectivity index (χ1) is 10.3. The van der Waals surface area contributed by atoms with Gasteiger partial charge in [0.1, 0.15) is 5.75 Å². The van der Waals surface area contributed by atoms with Crippen molar-refractivity contribution in [1.29, 1.82) is 0 Å². The van der Waals surface area contributed by atoms with E-state index in [-0.39, 0.29) is 11.4 Å². The Morgan fingerprint density at radius 2 is 1.86 bits per heavy atom. The highest BCUT2D eigenvalue weighted by Crippen LogP contribution is 2.21. The molecule has 0 fully saturated rings. The third kappa shape index (κ3) is 2.76. The average Bonchev–Trinajstić information content (AvgIpc) is 2.81. The lowest BCUT2D eigenvalue weighted by Crippen LogP contribution is -2.25. The molecule has 0 unspecified atom stereocenters. The minimum Gasteiger partial charge on any atom is -0.383 e. The van der Waals surface area contributed by atoms with E-state index in [1.807, 2.05) is 0 Å². The third-order valence-corrected chi connectivity index (χ3v) is 3.25. The van der Waals surface area contributed by atoms with Crippen LogP contribution in [0.15, 0.2) is 40.1 Å². The lowest BCUT2D eigenvalue weighted by molar-refractivity contribution is 0.493. The second kappa shape index (κ2) is 4.84. The van der Waals surface area contributed by atoms with Crippen molar-refractivity contribution in [3.63, 3.8) is 0 Å². The molecule has 0 aliphatic heterocycles. The first kappa shape index (κ1) is 14.1. The summed E-state index contributed by atoms with van der Waals surface area (Å²) >= 11 is 0. The number of H-pyrrole nitrogens is 2. The summed E-state index contributed by atoms with van der Waals surface area (Å²) < 4.78 is 28.0. The SMILES string of the molecule is CS(=O)(=O)Oc1ccc(-c2cn3[nH]c(=O)[nH]c(=O)c3n2)cc1. The topological polar surface area (TPSA) is 126 Å². The van der Waals surface area contributed by atoms with Gasteiger partial charge < -0.3 is 4.18 Å². The minimum absolute atomic E-state index is 0.0473. The Morgan fingerprint density at radius 1 is 1.18 bits per heavy atom. The Hall–Kier alpha value is -2.88. The summed E-state index contributed by atoms with van der Waals surface area (Å²) in [4.78, 5) is 29.0. The Bertz CT molecular complexity index is 1060. The fourth-order valence-electron chi connectivity index (χ4n) is 1.92. The molecule has 2 heterocycles. The summed E-state index contributed by atoms with van der Waals surface area (Å²) in [5.41, 5.74) is -0.125. The van der Waals surface area contributed by atoms with E-state index in [4.69, 9.17) is 4.18 Å². The number of fused-ring (bicyclic) bond motifs is 1. The molecule has 22 heavy (non-hydrogen) atoms. The first-order valence-electron chi connectivity index (χ1n) is 6.03. The van der Waals surface area contributed by atoms with E-state index < -0.39 is 21.4 Å². The number of rotatable bonds is 3. The van der Waals surface area contributed by atoms with Gasteiger partial charge in [0.05, 0.1) is 18.1 Å². The van der Waals surface area contributed by atoms with Crippen molar-refractivity contribution in [3.05, 3.63) is 51.3 Å². The van der Waals surface area contributed by atoms with E-state index in [2.05, 4.69) is 15.1 Å². The van der Waals surface area contributed by atoms with Gasteiger partial charge in [-0.05, 0) is 24.3 Å². The monoisotopic (exact) mass is 322 g/mol. The maximum atomic E-state index is 11.6. The molecule has 0 aliphatic rings. The van der Waals surface area contributed by atoms with E-state index >= 15 is 0 Å². The van der Waals surface area contributed by atoms with Crippen LogP contribution in [0.3, 0.4) is 0 Å². The lowest BCUT2D eigenvalue weighted by Gasteiger charge is -2.03. The van der Waals surface area contributed by atoms with Crippen molar-refractivity contribution in [3.8, 4) is 17.0 Å². The fraction of sp³-hybridized carbons (Fsp3) is 0.0833. The van der Waals surface area contributed by atoms with Crippen LogP contribution in [0.1, 0.15) is 0 Å². The molecule has 2 N–H and O–H groups in total. The molecule has 114 valence electrons. The average molecular weight is 322 g/mol. The van der Waals surface area contributed by atoms with Gasteiger partial charge in [0.15, 0.2) is 0 Å². The normalized spacial score (nSPS) is 11.7. The van der Waals surface area contributed by atoms with E-state index in [1.54, 1.807) is 12.1 Å². The fourth-order valence-corrected chi connectivity index (χ4v) is 2.38. The van der Waals surface area contributed by atoms with Gasteiger partial charge in [-0.3, -0.25) is 9.78 Å². The van der Waals surface area contributed by atoms with Gasteiger partial charge in [0.25, 0.3) is 5.56 Å². The summed E-state index contributed by atoms with van der Waals surface area (Å²) in [7, 11) is -3.59. The molecular weight excluding hydrogens is 312 g/mol. The quantitative estimate of drug-likeness (QED) is 0.638. The highest BCUT2D eigenvalue weighted by atomic mass is 32.2. The Morgan fingerprint density at radius 3 is 2.50 bits per heavy atom. The van der Waals surface area contributed by atoms with Crippen LogP contribution in [-0.4, -0.2) is 34.3 Å². The number of benzene rings is 1. The molecule has 0 amide bonds. The van der Waals surface area contributed by atoms with Crippen LogP contribution in [0.5, 0.6) is 5.75 Å². The zero-order valence-corrected chi connectivity index (χ0v) is 12.0. The number of hydrogen-bond acceptors (Lipinski definition) is 6. The second-order valence-corrected chi connectivity index (χ2v) is 6.10. The molecule has 0 saturated heterocycles. The van der Waals surface area contributed by atoms with Crippen molar-refractivity contribution >= 4 is 15.8 Å². The zero-order valence-electron chi connectivity index (χ0n) is 11.2. The number of hydrogen-bond donors (Lipinski definition) is 2. The molecular formula is C12H10N4O5S. The maximum absolute atomic E-state index is 11.6. The van der Waals surface area contributed by atoms with Gasteiger partial charge >= 0.3 is 15.8 Å². The molecule has 0 saturated carbocycles. The molecule has 10 heteroatoms. The third-order valence-electron chi connectivity index (χ3n) is 2.76. The second-order valence-electron chi connectivity index (χ2n) is 4.53. The van der Waals surface area contributed by atoms with Gasteiger partial charge in [-0.15, -0.1) is 0 Å². The van der Waals surface area contributed by atoms with Crippen LogP contribution in [0.2, 0.25) is 0 Å². The Kier molecular flexibility index (Phi) is 3.10. The molecule has 0 bridgehead atoms. The number of nitrogens with zero attached hydrogens (tertiary/aromatic N) is 2. The molecule has 0 spiro atoms. The van der Waals surface area contributed by atoms with Crippen molar-refractivity contribution in [2.75, 3.05) is 6.26 Å². The van der Waals surface area contributed by atoms with Crippen LogP contribution in [-0.2, 0) is 10.1 Å². The lowest BCUT2D eigenvalue weighted by atomic mass is 10.2. The van der Waals surface area contributed by atoms with E-state index in [0.717, 1.165) is 6.26 Å². The summed E-state index contributed by atoms with van der Waals surface area (Å²) in [5.74, 6) is 0.168. The van der Waals surface area contributed by atoms with Gasteiger partial charge in [-0.2, -0.15) is 8.42 Å². The zero-order chi connectivity index (χ0) is 15.9. The predicted octanol–water partition coefficient (Wildman–Crippen LogP) is -0.284. The van der Waals surface area contributed by atoms with Crippen molar-refractivity contribution < 1.29 is 12.6 Å². The van der Waals surface area contributed by atoms with Crippen LogP contribution < -0.4 is 15.4 Å². The molecule has 3 rings (SSSR count). The molecule has 0 aliphatic carbocycles. The molecule has 9 nitrogen and oxygen atoms in total. The van der Waals surface area contributed by atoms with Crippen molar-refractivity contribution in [1.82, 2.24) is 19.6 Å². The van der Waals surface area contributed by atoms with Gasteiger partial charge in [-0.25, -0.2) is 19.4 Å². The van der Waals surface area contributed by atoms with E-state index in [0.29, 0.717) is 11.3 Å². The smallest absolute Gasteiger partial charge is 0.340 e. The van der Waals surface area contributed by atoms with Crippen LogP contribution in [0.25, 0.3) is 16.9 Å². The molecule has 3 aromatic rings. The standard InChI is InChI=1S/C12H10N4O5S/c1-22(19,20)21-8-4-2-7(3-5-8)9-6-16-10(13-9)11(17)14-12(18)15-16/h2-6H,1H3,(H2,14,15,17,18). The van der Waals surface area contributed by atoms with Crippen molar-refractivity contribution in [2.45, 2.75) is 0 Å². The van der Waals surface area contributed by atoms with Crippen LogP contribution >= 0.6 is 0 Å². The molecule has 2 aromatic heterocycles. The number of aromatic nitrogens is 4. The van der Waals surface area contributed by atoms with Crippen LogP contribution in [0.4, 0.5) is 0 Å². The maximum Gasteiger partial charge on any atom is 0.340 e. The Balaban J connectivity index is 2.03. The summed E-state index contributed by atoms with van der Waals surface area (Å²) in [6.45, 7) is 0. The van der Waals surface area contributed by atoms with Crippen LogP contribution in [0, 0.1) is 0 Å². The van der Waals surface area contributed by atoms with E-state index in [9.17, 15) is 18.0 Å².